The number of nitrogens with zero attached hydrogens (tertiary/aromatic N) is 1. The molecule has 0 saturated heterocycles. The highest BCUT2D eigenvalue weighted by Gasteiger charge is 2.59. The van der Waals surface area contributed by atoms with E-state index in [2.05, 4.69) is 6.92 Å². The van der Waals surface area contributed by atoms with Crippen LogP contribution in [-0.2, 0) is 11.2 Å². The summed E-state index contributed by atoms with van der Waals surface area (Å²) in [5, 5.41) is 21.1. The van der Waals surface area contributed by atoms with Gasteiger partial charge in [0.05, 0.1) is 19.3 Å². The van der Waals surface area contributed by atoms with Crippen molar-refractivity contribution >= 4 is 5.91 Å². The number of hydrogen-bond donors (Lipinski definition) is 2. The lowest BCUT2D eigenvalue weighted by molar-refractivity contribution is -0.0722. The summed E-state index contributed by atoms with van der Waals surface area (Å²) in [4.78, 5) is 15.2. The van der Waals surface area contributed by atoms with Crippen molar-refractivity contribution in [2.24, 2.45) is 23.2 Å². The highest BCUT2D eigenvalue weighted by atomic mass is 19.1. The molecule has 0 unspecified atom stereocenters. The number of phenols is 1. The Bertz CT molecular complexity index is 1190. The van der Waals surface area contributed by atoms with Crippen LogP contribution >= 0.6 is 0 Å². The third kappa shape index (κ3) is 5.98. The predicted molar refractivity (Wildman–Crippen MR) is 157 cm³/mol. The van der Waals surface area contributed by atoms with Crippen molar-refractivity contribution in [2.75, 3.05) is 33.4 Å². The van der Waals surface area contributed by atoms with E-state index < -0.39 is 12.3 Å². The summed E-state index contributed by atoms with van der Waals surface area (Å²) < 4.78 is 26.8. The van der Waals surface area contributed by atoms with Gasteiger partial charge in [-0.1, -0.05) is 19.4 Å². The first-order valence-corrected chi connectivity index (χ1v) is 15.4. The van der Waals surface area contributed by atoms with Gasteiger partial charge in [-0.05, 0) is 116 Å². The summed E-state index contributed by atoms with van der Waals surface area (Å²) in [6.45, 7) is 6.22. The first-order chi connectivity index (χ1) is 19.8. The zero-order valence-corrected chi connectivity index (χ0v) is 24.7. The van der Waals surface area contributed by atoms with E-state index in [1.54, 1.807) is 13.2 Å². The minimum absolute atomic E-state index is 0.0181. The van der Waals surface area contributed by atoms with Crippen molar-refractivity contribution in [3.8, 4) is 11.5 Å². The summed E-state index contributed by atoms with van der Waals surface area (Å²) in [5.41, 5.74) is 2.36. The van der Waals surface area contributed by atoms with Gasteiger partial charge in [-0.3, -0.25) is 4.79 Å². The molecule has 6 nitrogen and oxygen atoms in total. The Labute approximate surface area is 243 Å². The molecule has 2 fully saturated rings. The van der Waals surface area contributed by atoms with Gasteiger partial charge >= 0.3 is 0 Å². The molecule has 224 valence electrons. The van der Waals surface area contributed by atoms with E-state index in [9.17, 15) is 15.0 Å². The molecule has 5 rings (SSSR count). The van der Waals surface area contributed by atoms with Crippen LogP contribution in [-0.4, -0.2) is 66.7 Å². The Morgan fingerprint density at radius 3 is 2.63 bits per heavy atom. The number of alkyl halides is 1. The molecule has 1 amide bonds. The number of aromatic hydroxyl groups is 1. The quantitative estimate of drug-likeness (QED) is 0.319. The lowest BCUT2D eigenvalue weighted by Gasteiger charge is -2.54. The number of halogens is 1. The molecule has 41 heavy (non-hydrogen) atoms. The zero-order chi connectivity index (χ0) is 29.1. The molecule has 2 aromatic carbocycles. The minimum Gasteiger partial charge on any atom is -0.508 e. The van der Waals surface area contributed by atoms with Crippen LogP contribution in [0.25, 0.3) is 0 Å². The number of benzene rings is 2. The van der Waals surface area contributed by atoms with Crippen LogP contribution in [0.4, 0.5) is 4.39 Å². The molecule has 0 spiro atoms. The maximum atomic E-state index is 16.0. The Hall–Kier alpha value is -2.64. The fourth-order valence-electron chi connectivity index (χ4n) is 8.30. The maximum Gasteiger partial charge on any atom is 0.253 e. The summed E-state index contributed by atoms with van der Waals surface area (Å²) >= 11 is 0. The van der Waals surface area contributed by atoms with E-state index in [4.69, 9.17) is 9.47 Å². The third-order valence-electron chi connectivity index (χ3n) is 10.3. The van der Waals surface area contributed by atoms with Crippen molar-refractivity contribution < 1.29 is 28.9 Å². The van der Waals surface area contributed by atoms with Crippen molar-refractivity contribution in [3.63, 3.8) is 0 Å². The van der Waals surface area contributed by atoms with Crippen molar-refractivity contribution in [3.05, 3.63) is 59.2 Å². The van der Waals surface area contributed by atoms with Gasteiger partial charge in [0.2, 0.25) is 0 Å². The van der Waals surface area contributed by atoms with E-state index in [1.807, 2.05) is 48.2 Å². The monoisotopic (exact) mass is 567 g/mol. The van der Waals surface area contributed by atoms with Crippen LogP contribution in [0, 0.1) is 23.2 Å². The molecule has 2 saturated carbocycles. The average Bonchev–Trinajstić information content (AvgIpc) is 3.25. The van der Waals surface area contributed by atoms with Gasteiger partial charge in [0.15, 0.2) is 0 Å². The number of carbonyl (C=O) groups excluding carboxylic acids is 1. The summed E-state index contributed by atoms with van der Waals surface area (Å²) in [7, 11) is 1.64. The number of aliphatic hydroxyl groups is 1. The van der Waals surface area contributed by atoms with Gasteiger partial charge in [-0.15, -0.1) is 0 Å². The third-order valence-corrected chi connectivity index (χ3v) is 10.3. The Morgan fingerprint density at radius 2 is 1.90 bits per heavy atom. The van der Waals surface area contributed by atoms with Crippen LogP contribution in [0.15, 0.2) is 42.5 Å². The number of rotatable bonds is 11. The Kier molecular flexibility index (Phi) is 9.24. The summed E-state index contributed by atoms with van der Waals surface area (Å²) in [6.07, 6.45) is 4.15. The molecule has 7 atom stereocenters. The number of phenolic OH excluding ortho intramolecular Hbond substituents is 1. The first-order valence-electron chi connectivity index (χ1n) is 15.4. The number of unbranched alkanes of at least 4 members (excludes halogenated alkanes) is 1. The van der Waals surface area contributed by atoms with Gasteiger partial charge in [0.25, 0.3) is 5.91 Å². The van der Waals surface area contributed by atoms with E-state index in [0.717, 1.165) is 55.4 Å². The number of hydrogen-bond acceptors (Lipinski definition) is 5. The van der Waals surface area contributed by atoms with Gasteiger partial charge in [0, 0.05) is 31.7 Å². The molecular weight excluding hydrogens is 521 g/mol. The van der Waals surface area contributed by atoms with Crippen molar-refractivity contribution in [1.29, 1.82) is 0 Å². The van der Waals surface area contributed by atoms with Gasteiger partial charge in [-0.2, -0.15) is 0 Å². The molecule has 0 radical (unpaired) electrons. The highest BCUT2D eigenvalue weighted by molar-refractivity contribution is 5.94. The molecule has 7 heteroatoms. The molecule has 0 heterocycles. The number of ether oxygens (including phenoxy) is 2. The highest BCUT2D eigenvalue weighted by Crippen LogP contribution is 2.63. The first kappa shape index (κ1) is 29.8. The topological polar surface area (TPSA) is 79.2 Å². The second kappa shape index (κ2) is 12.7. The normalized spacial score (nSPS) is 30.3. The Balaban J connectivity index is 1.28. The molecular formula is C34H46FNO5. The number of methoxy groups -OCH3 is 1. The molecule has 2 aromatic rings. The molecule has 0 aromatic heterocycles. The number of fused-ring (bicyclic) bond motifs is 5. The van der Waals surface area contributed by atoms with Crippen LogP contribution in [0.3, 0.4) is 0 Å². The average molecular weight is 568 g/mol. The predicted octanol–water partition coefficient (Wildman–Crippen LogP) is 6.14. The minimum atomic E-state index is -1.00. The van der Waals surface area contributed by atoms with E-state index in [1.165, 1.54) is 0 Å². The second-order valence-corrected chi connectivity index (χ2v) is 12.6. The van der Waals surface area contributed by atoms with E-state index in [-0.39, 0.29) is 34.8 Å². The summed E-state index contributed by atoms with van der Waals surface area (Å²) in [5.74, 6) is 1.51. The zero-order valence-electron chi connectivity index (χ0n) is 24.7. The van der Waals surface area contributed by atoms with Crippen LogP contribution in [0.2, 0.25) is 0 Å². The summed E-state index contributed by atoms with van der Waals surface area (Å²) in [6, 6.07) is 12.7. The lowest BCUT2D eigenvalue weighted by Crippen LogP contribution is -2.51. The Morgan fingerprint density at radius 1 is 1.12 bits per heavy atom. The molecule has 0 bridgehead atoms. The van der Waals surface area contributed by atoms with Gasteiger partial charge in [-0.25, -0.2) is 4.39 Å². The van der Waals surface area contributed by atoms with Gasteiger partial charge < -0.3 is 24.6 Å². The fourth-order valence-corrected chi connectivity index (χ4v) is 8.30. The molecule has 3 aliphatic carbocycles. The second-order valence-electron chi connectivity index (χ2n) is 12.6. The smallest absolute Gasteiger partial charge is 0.253 e. The number of amides is 1. The van der Waals surface area contributed by atoms with Crippen LogP contribution in [0.1, 0.15) is 79.8 Å². The van der Waals surface area contributed by atoms with Gasteiger partial charge in [0.1, 0.15) is 17.7 Å². The maximum absolute atomic E-state index is 16.0. The molecule has 0 aliphatic heterocycles. The van der Waals surface area contributed by atoms with Crippen LogP contribution < -0.4 is 4.74 Å². The lowest BCUT2D eigenvalue weighted by atomic mass is 9.51. The molecule has 2 N–H and O–H groups in total. The molecule has 3 aliphatic rings. The number of aliphatic hydroxyl groups excluding tert-OH is 1. The standard InChI is InChI=1S/C34H46FNO5/c1-4-41-26-11-8-22(9-12-26)33(39)36(17-18-40-3)16-6-5-7-23-19-24-20-25(37)10-13-27(24)32-29(35)21-34(2)28(31(23)32)14-15-30(34)38/h8-13,20,23,28-32,37-38H,4-7,14-19,21H2,1-3H3/t23-,28+,29+,30+,31+,32+,34+/m1/s1. The largest absolute Gasteiger partial charge is 0.508 e. The fraction of sp³-hybridized carbons (Fsp3) is 0.618. The SMILES string of the molecule is CCOc1ccc(C(=O)N(CCCC[C@@H]2Cc3cc(O)ccc3[C@@H]3[C@@H]2[C@@H]2CC[C@H](O)[C@@]2(C)C[C@@H]3F)CCOC)cc1. The van der Waals surface area contributed by atoms with Crippen LogP contribution in [0.5, 0.6) is 11.5 Å². The van der Waals surface area contributed by atoms with Crippen molar-refractivity contribution in [1.82, 2.24) is 4.90 Å². The van der Waals surface area contributed by atoms with Crippen molar-refractivity contribution in [2.45, 2.75) is 77.0 Å². The number of carbonyl (C=O) groups is 1. The van der Waals surface area contributed by atoms with E-state index >= 15 is 4.39 Å². The van der Waals surface area contributed by atoms with E-state index in [0.29, 0.717) is 44.2 Å².